The van der Waals surface area contributed by atoms with Gasteiger partial charge in [0.1, 0.15) is 5.75 Å². The largest absolute Gasteiger partial charge is 0.496 e. The molecule has 0 aromatic heterocycles. The van der Waals surface area contributed by atoms with Crippen LogP contribution in [-0.4, -0.2) is 43.6 Å². The van der Waals surface area contributed by atoms with Crippen LogP contribution in [0.1, 0.15) is 31.7 Å². The minimum Gasteiger partial charge on any atom is -0.496 e. The van der Waals surface area contributed by atoms with Gasteiger partial charge in [-0.3, -0.25) is 9.69 Å². The van der Waals surface area contributed by atoms with Crippen LogP contribution in [0.3, 0.4) is 0 Å². The van der Waals surface area contributed by atoms with E-state index in [4.69, 9.17) is 4.74 Å². The fraction of sp³-hybridized carbons (Fsp3) is 0.588. The van der Waals surface area contributed by atoms with E-state index in [1.807, 2.05) is 24.3 Å². The normalized spacial score (nSPS) is 19.2. The van der Waals surface area contributed by atoms with E-state index in [1.54, 1.807) is 7.11 Å². The maximum atomic E-state index is 12.0. The zero-order chi connectivity index (χ0) is 15.1. The van der Waals surface area contributed by atoms with E-state index < -0.39 is 0 Å². The fourth-order valence-corrected chi connectivity index (χ4v) is 2.91. The summed E-state index contributed by atoms with van der Waals surface area (Å²) in [6.07, 6.45) is 4.26. The lowest BCUT2D eigenvalue weighted by Gasteiger charge is -2.33. The van der Waals surface area contributed by atoms with Crippen molar-refractivity contribution in [2.45, 2.75) is 38.6 Å². The molecule has 2 rings (SSSR count). The van der Waals surface area contributed by atoms with Gasteiger partial charge in [0, 0.05) is 24.7 Å². The van der Waals surface area contributed by atoms with Crippen LogP contribution >= 0.6 is 0 Å². The van der Waals surface area contributed by atoms with Crippen LogP contribution in [0.5, 0.6) is 5.75 Å². The first kappa shape index (κ1) is 15.8. The van der Waals surface area contributed by atoms with Crippen LogP contribution < -0.4 is 10.1 Å². The second kappa shape index (κ2) is 8.03. The Hall–Kier alpha value is -1.55. The summed E-state index contributed by atoms with van der Waals surface area (Å²) in [4.78, 5) is 14.5. The van der Waals surface area contributed by atoms with E-state index in [2.05, 4.69) is 17.1 Å². The molecule has 1 aromatic carbocycles. The van der Waals surface area contributed by atoms with Crippen molar-refractivity contribution in [3.63, 3.8) is 0 Å². The standard InChI is InChI=1S/C17H26N2O2/c1-14-7-5-6-11-19(14)12-10-18-17(20)13-15-8-3-4-9-16(15)21-2/h3-4,8-9,14H,5-7,10-13H2,1-2H3,(H,18,20). The third-order valence-corrected chi connectivity index (χ3v) is 4.21. The number of nitrogens with one attached hydrogen (secondary N) is 1. The van der Waals surface area contributed by atoms with Gasteiger partial charge in [-0.25, -0.2) is 0 Å². The molecule has 1 amide bonds. The molecule has 4 nitrogen and oxygen atoms in total. The summed E-state index contributed by atoms with van der Waals surface area (Å²) in [7, 11) is 1.63. The molecule has 1 aliphatic rings. The molecule has 4 heteroatoms. The number of benzene rings is 1. The van der Waals surface area contributed by atoms with Crippen molar-refractivity contribution >= 4 is 5.91 Å². The van der Waals surface area contributed by atoms with Crippen molar-refractivity contribution < 1.29 is 9.53 Å². The van der Waals surface area contributed by atoms with E-state index in [0.717, 1.165) is 30.9 Å². The molecule has 0 bridgehead atoms. The topological polar surface area (TPSA) is 41.6 Å². The lowest BCUT2D eigenvalue weighted by molar-refractivity contribution is -0.120. The van der Waals surface area contributed by atoms with Gasteiger partial charge in [-0.2, -0.15) is 0 Å². The maximum absolute atomic E-state index is 12.0. The first-order chi connectivity index (χ1) is 10.2. The van der Waals surface area contributed by atoms with Gasteiger partial charge in [0.05, 0.1) is 13.5 Å². The minimum absolute atomic E-state index is 0.0594. The molecule has 0 aliphatic carbocycles. The van der Waals surface area contributed by atoms with E-state index in [9.17, 15) is 4.79 Å². The third kappa shape index (κ3) is 4.74. The molecule has 1 unspecified atom stereocenters. The van der Waals surface area contributed by atoms with Gasteiger partial charge in [0.15, 0.2) is 0 Å². The number of likely N-dealkylation sites (tertiary alicyclic amines) is 1. The van der Waals surface area contributed by atoms with Gasteiger partial charge in [-0.1, -0.05) is 24.6 Å². The number of hydrogen-bond acceptors (Lipinski definition) is 3. The Morgan fingerprint density at radius 1 is 1.38 bits per heavy atom. The number of para-hydroxylation sites is 1. The lowest BCUT2D eigenvalue weighted by atomic mass is 10.0. The number of ether oxygens (including phenoxy) is 1. The van der Waals surface area contributed by atoms with Gasteiger partial charge in [0.2, 0.25) is 5.91 Å². The molecule has 0 radical (unpaired) electrons. The Labute approximate surface area is 127 Å². The average Bonchev–Trinajstić information content (AvgIpc) is 2.50. The second-order valence-corrected chi connectivity index (χ2v) is 5.72. The molecule has 1 aromatic rings. The number of carbonyl (C=O) groups excluding carboxylic acids is 1. The molecule has 1 heterocycles. The number of amides is 1. The number of carbonyl (C=O) groups is 1. The second-order valence-electron chi connectivity index (χ2n) is 5.72. The Bertz CT molecular complexity index is 462. The van der Waals surface area contributed by atoms with Gasteiger partial charge in [0.25, 0.3) is 0 Å². The van der Waals surface area contributed by atoms with Crippen molar-refractivity contribution in [1.29, 1.82) is 0 Å². The lowest BCUT2D eigenvalue weighted by Crippen LogP contribution is -2.42. The summed E-state index contributed by atoms with van der Waals surface area (Å²) in [6, 6.07) is 8.31. The predicted octanol–water partition coefficient (Wildman–Crippen LogP) is 2.23. The van der Waals surface area contributed by atoms with Crippen molar-refractivity contribution in [3.05, 3.63) is 29.8 Å². The van der Waals surface area contributed by atoms with Gasteiger partial charge >= 0.3 is 0 Å². The molecule has 116 valence electrons. The van der Waals surface area contributed by atoms with E-state index in [-0.39, 0.29) is 5.91 Å². The zero-order valence-electron chi connectivity index (χ0n) is 13.1. The number of nitrogens with zero attached hydrogens (tertiary/aromatic N) is 1. The highest BCUT2D eigenvalue weighted by Crippen LogP contribution is 2.18. The van der Waals surface area contributed by atoms with E-state index in [0.29, 0.717) is 12.5 Å². The monoisotopic (exact) mass is 290 g/mol. The summed E-state index contributed by atoms with van der Waals surface area (Å²) in [5, 5.41) is 3.01. The van der Waals surface area contributed by atoms with Crippen molar-refractivity contribution in [1.82, 2.24) is 10.2 Å². The molecule has 21 heavy (non-hydrogen) atoms. The van der Waals surface area contributed by atoms with Gasteiger partial charge < -0.3 is 10.1 Å². The van der Waals surface area contributed by atoms with Crippen LogP contribution in [-0.2, 0) is 11.2 Å². The highest BCUT2D eigenvalue weighted by atomic mass is 16.5. The Kier molecular flexibility index (Phi) is 6.05. The third-order valence-electron chi connectivity index (χ3n) is 4.21. The van der Waals surface area contributed by atoms with Gasteiger partial charge in [-0.15, -0.1) is 0 Å². The molecule has 0 spiro atoms. The highest BCUT2D eigenvalue weighted by Gasteiger charge is 2.17. The molecular weight excluding hydrogens is 264 g/mol. The van der Waals surface area contributed by atoms with Crippen LogP contribution in [0.25, 0.3) is 0 Å². The van der Waals surface area contributed by atoms with Crippen LogP contribution in [0.4, 0.5) is 0 Å². The zero-order valence-corrected chi connectivity index (χ0v) is 13.1. The molecule has 1 N–H and O–H groups in total. The Balaban J connectivity index is 1.74. The molecule has 1 aliphatic heterocycles. The van der Waals surface area contributed by atoms with E-state index in [1.165, 1.54) is 19.3 Å². The van der Waals surface area contributed by atoms with Gasteiger partial charge in [-0.05, 0) is 32.4 Å². The summed E-state index contributed by atoms with van der Waals surface area (Å²) >= 11 is 0. The predicted molar refractivity (Wildman–Crippen MR) is 84.6 cm³/mol. The van der Waals surface area contributed by atoms with Crippen molar-refractivity contribution in [2.24, 2.45) is 0 Å². The van der Waals surface area contributed by atoms with Crippen LogP contribution in [0, 0.1) is 0 Å². The molecule has 0 saturated carbocycles. The van der Waals surface area contributed by atoms with Crippen LogP contribution in [0.2, 0.25) is 0 Å². The smallest absolute Gasteiger partial charge is 0.224 e. The summed E-state index contributed by atoms with van der Waals surface area (Å²) in [5.74, 6) is 0.835. The highest BCUT2D eigenvalue weighted by molar-refractivity contribution is 5.79. The molecule has 1 fully saturated rings. The van der Waals surface area contributed by atoms with E-state index >= 15 is 0 Å². The first-order valence-corrected chi connectivity index (χ1v) is 7.83. The van der Waals surface area contributed by atoms with Crippen LogP contribution in [0.15, 0.2) is 24.3 Å². The number of rotatable bonds is 6. The number of hydrogen-bond donors (Lipinski definition) is 1. The molecule has 1 saturated heterocycles. The Morgan fingerprint density at radius 2 is 2.19 bits per heavy atom. The minimum atomic E-state index is 0.0594. The summed E-state index contributed by atoms with van der Waals surface area (Å²) in [5.41, 5.74) is 0.934. The maximum Gasteiger partial charge on any atom is 0.224 e. The quantitative estimate of drug-likeness (QED) is 0.873. The van der Waals surface area contributed by atoms with Crippen molar-refractivity contribution in [2.75, 3.05) is 26.7 Å². The number of methoxy groups -OCH3 is 1. The van der Waals surface area contributed by atoms with Crippen molar-refractivity contribution in [3.8, 4) is 5.75 Å². The molecule has 1 atom stereocenters. The average molecular weight is 290 g/mol. The Morgan fingerprint density at radius 3 is 2.95 bits per heavy atom. The summed E-state index contributed by atoms with van der Waals surface area (Å²) in [6.45, 7) is 5.09. The number of piperidine rings is 1. The molecular formula is C17H26N2O2. The summed E-state index contributed by atoms with van der Waals surface area (Å²) < 4.78 is 5.27. The first-order valence-electron chi connectivity index (χ1n) is 7.83. The fourth-order valence-electron chi connectivity index (χ4n) is 2.91. The SMILES string of the molecule is COc1ccccc1CC(=O)NCCN1CCCCC1C.